The number of aromatic nitrogens is 1. The number of benzene rings is 1. The molecule has 0 unspecified atom stereocenters. The van der Waals surface area contributed by atoms with Gasteiger partial charge in [-0.2, -0.15) is 5.26 Å². The van der Waals surface area contributed by atoms with Crippen molar-refractivity contribution in [3.05, 3.63) is 41.6 Å². The van der Waals surface area contributed by atoms with Crippen molar-refractivity contribution < 1.29 is 9.47 Å². The molecule has 0 spiro atoms. The topological polar surface area (TPSA) is 81.2 Å². The lowest BCUT2D eigenvalue weighted by Crippen LogP contribution is -1.97. The molecular formula is C14H13N3O2. The number of anilines is 1. The molecule has 0 atom stereocenters. The second kappa shape index (κ2) is 5.27. The Balaban J connectivity index is 2.44. The van der Waals surface area contributed by atoms with Crippen molar-refractivity contribution in [2.45, 2.75) is 6.92 Å². The molecule has 0 saturated heterocycles. The average molecular weight is 255 g/mol. The van der Waals surface area contributed by atoms with Crippen molar-refractivity contribution in [2.75, 3.05) is 12.8 Å². The number of ether oxygens (including phenoxy) is 2. The first kappa shape index (κ1) is 12.7. The monoisotopic (exact) mass is 255 g/mol. The largest absolute Gasteiger partial charge is 0.493 e. The lowest BCUT2D eigenvalue weighted by molar-refractivity contribution is 0.373. The Labute approximate surface area is 111 Å². The van der Waals surface area contributed by atoms with Gasteiger partial charge >= 0.3 is 0 Å². The Morgan fingerprint density at radius 2 is 2.00 bits per heavy atom. The Kier molecular flexibility index (Phi) is 3.53. The van der Waals surface area contributed by atoms with Gasteiger partial charge in [0.05, 0.1) is 7.11 Å². The first-order valence-corrected chi connectivity index (χ1v) is 5.63. The number of hydrogen-bond donors (Lipinski definition) is 1. The maximum absolute atomic E-state index is 9.04. The summed E-state index contributed by atoms with van der Waals surface area (Å²) in [6.07, 6.45) is 0. The van der Waals surface area contributed by atoms with E-state index < -0.39 is 0 Å². The molecule has 0 aliphatic carbocycles. The van der Waals surface area contributed by atoms with Crippen LogP contribution < -0.4 is 15.2 Å². The summed E-state index contributed by atoms with van der Waals surface area (Å²) in [5, 5.41) is 9.04. The summed E-state index contributed by atoms with van der Waals surface area (Å²) < 4.78 is 10.8. The van der Waals surface area contributed by atoms with Crippen LogP contribution in [0.25, 0.3) is 0 Å². The van der Waals surface area contributed by atoms with Crippen LogP contribution in [0.1, 0.15) is 11.3 Å². The summed E-state index contributed by atoms with van der Waals surface area (Å²) >= 11 is 0. The van der Waals surface area contributed by atoms with Crippen LogP contribution >= 0.6 is 0 Å². The molecule has 2 aromatic rings. The van der Waals surface area contributed by atoms with Gasteiger partial charge in [0.1, 0.15) is 11.6 Å². The minimum atomic E-state index is 0.242. The van der Waals surface area contributed by atoms with Gasteiger partial charge in [-0.15, -0.1) is 0 Å². The zero-order valence-electron chi connectivity index (χ0n) is 10.7. The molecule has 1 heterocycles. The van der Waals surface area contributed by atoms with Gasteiger partial charge in [-0.3, -0.25) is 0 Å². The Morgan fingerprint density at radius 1 is 1.21 bits per heavy atom. The summed E-state index contributed by atoms with van der Waals surface area (Å²) in [5.41, 5.74) is 7.38. The van der Waals surface area contributed by atoms with Gasteiger partial charge in [-0.1, -0.05) is 0 Å². The molecule has 0 radical (unpaired) electrons. The maximum Gasteiger partial charge on any atom is 0.237 e. The van der Waals surface area contributed by atoms with Gasteiger partial charge < -0.3 is 15.2 Å². The normalized spacial score (nSPS) is 9.74. The van der Waals surface area contributed by atoms with Crippen LogP contribution in [-0.2, 0) is 0 Å². The number of pyridine rings is 1. The summed E-state index contributed by atoms with van der Waals surface area (Å²) in [6.45, 7) is 1.82. The van der Waals surface area contributed by atoms with Gasteiger partial charge in [0.2, 0.25) is 5.88 Å². The van der Waals surface area contributed by atoms with Gasteiger partial charge in [0.15, 0.2) is 11.5 Å². The Hall–Kier alpha value is -2.74. The third kappa shape index (κ3) is 2.75. The molecule has 96 valence electrons. The summed E-state index contributed by atoms with van der Waals surface area (Å²) in [4.78, 5) is 4.20. The second-order valence-electron chi connectivity index (χ2n) is 3.93. The molecule has 1 aromatic carbocycles. The van der Waals surface area contributed by atoms with E-state index >= 15 is 0 Å². The Morgan fingerprint density at radius 3 is 2.68 bits per heavy atom. The molecule has 1 aromatic heterocycles. The van der Waals surface area contributed by atoms with E-state index in [0.717, 1.165) is 5.69 Å². The van der Waals surface area contributed by atoms with Gasteiger partial charge in [0.25, 0.3) is 0 Å². The van der Waals surface area contributed by atoms with Crippen LogP contribution in [-0.4, -0.2) is 12.1 Å². The number of nitrogens with zero attached hydrogens (tertiary/aromatic N) is 2. The van der Waals surface area contributed by atoms with Crippen LogP contribution in [0, 0.1) is 18.3 Å². The van der Waals surface area contributed by atoms with Crippen molar-refractivity contribution in [3.8, 4) is 23.4 Å². The number of nitrogen functional groups attached to an aromatic ring is 1. The number of nitriles is 1. The molecule has 0 aliphatic heterocycles. The zero-order chi connectivity index (χ0) is 13.8. The lowest BCUT2D eigenvalue weighted by atomic mass is 10.2. The molecule has 0 aliphatic rings. The quantitative estimate of drug-likeness (QED) is 0.852. The number of aryl methyl sites for hydroxylation is 1. The van der Waals surface area contributed by atoms with Crippen LogP contribution in [0.5, 0.6) is 17.4 Å². The van der Waals surface area contributed by atoms with Gasteiger partial charge in [0, 0.05) is 17.4 Å². The van der Waals surface area contributed by atoms with E-state index in [-0.39, 0.29) is 5.88 Å². The fourth-order valence-electron chi connectivity index (χ4n) is 1.57. The highest BCUT2D eigenvalue weighted by molar-refractivity contribution is 5.54. The van der Waals surface area contributed by atoms with E-state index in [4.69, 9.17) is 20.5 Å². The molecule has 0 saturated carbocycles. The van der Waals surface area contributed by atoms with Crippen LogP contribution in [0.2, 0.25) is 0 Å². The smallest absolute Gasteiger partial charge is 0.237 e. The van der Waals surface area contributed by atoms with Crippen molar-refractivity contribution in [1.29, 1.82) is 5.26 Å². The van der Waals surface area contributed by atoms with E-state index in [1.54, 1.807) is 30.3 Å². The molecule has 2 rings (SSSR count). The highest BCUT2D eigenvalue weighted by Crippen LogP contribution is 2.33. The second-order valence-corrected chi connectivity index (χ2v) is 3.93. The van der Waals surface area contributed by atoms with E-state index in [1.807, 2.05) is 13.0 Å². The van der Waals surface area contributed by atoms with Crippen molar-refractivity contribution >= 4 is 5.69 Å². The standard InChI is InChI=1S/C14H13N3O2/c1-9-3-4-10(8-15)14(17-9)19-13-7-11(16)5-6-12(13)18-2/h3-7H,16H2,1-2H3. The highest BCUT2D eigenvalue weighted by Gasteiger charge is 2.11. The first-order chi connectivity index (χ1) is 9.13. The molecule has 0 fully saturated rings. The van der Waals surface area contributed by atoms with E-state index in [9.17, 15) is 0 Å². The predicted octanol–water partition coefficient (Wildman–Crippen LogP) is 2.64. The maximum atomic E-state index is 9.04. The average Bonchev–Trinajstić information content (AvgIpc) is 2.39. The van der Waals surface area contributed by atoms with E-state index in [2.05, 4.69) is 4.98 Å². The molecule has 5 nitrogen and oxygen atoms in total. The molecule has 5 heteroatoms. The van der Waals surface area contributed by atoms with Crippen LogP contribution in [0.4, 0.5) is 5.69 Å². The Bertz CT molecular complexity index is 648. The van der Waals surface area contributed by atoms with Gasteiger partial charge in [-0.25, -0.2) is 4.98 Å². The van der Waals surface area contributed by atoms with Crippen LogP contribution in [0.15, 0.2) is 30.3 Å². The highest BCUT2D eigenvalue weighted by atomic mass is 16.5. The zero-order valence-corrected chi connectivity index (χ0v) is 10.7. The molecule has 0 amide bonds. The minimum absolute atomic E-state index is 0.242. The first-order valence-electron chi connectivity index (χ1n) is 5.63. The third-order valence-corrected chi connectivity index (χ3v) is 2.51. The third-order valence-electron chi connectivity index (χ3n) is 2.51. The van der Waals surface area contributed by atoms with Crippen molar-refractivity contribution in [1.82, 2.24) is 4.98 Å². The van der Waals surface area contributed by atoms with Gasteiger partial charge in [-0.05, 0) is 31.2 Å². The van der Waals surface area contributed by atoms with Crippen LogP contribution in [0.3, 0.4) is 0 Å². The number of nitrogens with two attached hydrogens (primary N) is 1. The molecular weight excluding hydrogens is 242 g/mol. The summed E-state index contributed by atoms with van der Waals surface area (Å²) in [6, 6.07) is 10.5. The van der Waals surface area contributed by atoms with Crippen molar-refractivity contribution in [2.24, 2.45) is 0 Å². The SMILES string of the molecule is COc1ccc(N)cc1Oc1nc(C)ccc1C#N. The number of methoxy groups -OCH3 is 1. The fourth-order valence-corrected chi connectivity index (χ4v) is 1.57. The van der Waals surface area contributed by atoms with E-state index in [0.29, 0.717) is 22.7 Å². The fraction of sp³-hybridized carbons (Fsp3) is 0.143. The molecule has 2 N–H and O–H groups in total. The number of hydrogen-bond acceptors (Lipinski definition) is 5. The molecule has 19 heavy (non-hydrogen) atoms. The van der Waals surface area contributed by atoms with E-state index in [1.165, 1.54) is 7.11 Å². The minimum Gasteiger partial charge on any atom is -0.493 e. The summed E-state index contributed by atoms with van der Waals surface area (Å²) in [7, 11) is 1.53. The number of rotatable bonds is 3. The predicted molar refractivity (Wildman–Crippen MR) is 71.2 cm³/mol. The lowest BCUT2D eigenvalue weighted by Gasteiger charge is -2.11. The molecule has 0 bridgehead atoms. The summed E-state index contributed by atoms with van der Waals surface area (Å²) in [5.74, 6) is 1.20. The van der Waals surface area contributed by atoms with Crippen molar-refractivity contribution in [3.63, 3.8) is 0 Å².